The highest BCUT2D eigenvalue weighted by atomic mass is 35.5. The summed E-state index contributed by atoms with van der Waals surface area (Å²) >= 11 is 5.63. The summed E-state index contributed by atoms with van der Waals surface area (Å²) in [5, 5.41) is 2.66. The topological polar surface area (TPSA) is 64.3 Å². The standard InChI is InChI=1S/C10H12ClFN2O2/c1-16-9(5-13)10(15)14-8-3-6(11)2-7(12)4-8/h2-4,9H,5,13H2,1H3,(H,14,15). The van der Waals surface area contributed by atoms with Crippen LogP contribution in [0.1, 0.15) is 0 Å². The number of halogens is 2. The Bertz CT molecular complexity index is 363. The van der Waals surface area contributed by atoms with Gasteiger partial charge in [0.05, 0.1) is 0 Å². The molecule has 0 aliphatic heterocycles. The van der Waals surface area contributed by atoms with Crippen molar-refractivity contribution < 1.29 is 13.9 Å². The van der Waals surface area contributed by atoms with Gasteiger partial charge in [0.2, 0.25) is 0 Å². The second-order valence-electron chi connectivity index (χ2n) is 3.11. The molecule has 1 aromatic carbocycles. The zero-order valence-corrected chi connectivity index (χ0v) is 9.42. The number of methoxy groups -OCH3 is 1. The molecule has 1 atom stereocenters. The third-order valence-corrected chi connectivity index (χ3v) is 2.14. The van der Waals surface area contributed by atoms with Gasteiger partial charge in [0, 0.05) is 24.4 Å². The van der Waals surface area contributed by atoms with Crippen molar-refractivity contribution in [3.63, 3.8) is 0 Å². The lowest BCUT2D eigenvalue weighted by Crippen LogP contribution is -2.35. The van der Waals surface area contributed by atoms with Crippen molar-refractivity contribution in [3.05, 3.63) is 29.0 Å². The van der Waals surface area contributed by atoms with Gasteiger partial charge in [-0.05, 0) is 18.2 Å². The summed E-state index contributed by atoms with van der Waals surface area (Å²) in [7, 11) is 1.37. The Morgan fingerprint density at radius 2 is 2.31 bits per heavy atom. The lowest BCUT2D eigenvalue weighted by molar-refractivity contribution is -0.125. The SMILES string of the molecule is COC(CN)C(=O)Nc1cc(F)cc(Cl)c1. The molecule has 3 N–H and O–H groups in total. The zero-order chi connectivity index (χ0) is 12.1. The van der Waals surface area contributed by atoms with Gasteiger partial charge in [-0.1, -0.05) is 11.6 Å². The maximum Gasteiger partial charge on any atom is 0.254 e. The number of amides is 1. The maximum absolute atomic E-state index is 13.0. The van der Waals surface area contributed by atoms with E-state index in [1.807, 2.05) is 0 Å². The minimum atomic E-state index is -0.762. The molecule has 4 nitrogen and oxygen atoms in total. The molecule has 88 valence electrons. The first-order valence-corrected chi connectivity index (χ1v) is 4.94. The van der Waals surface area contributed by atoms with Crippen LogP contribution in [0.3, 0.4) is 0 Å². The molecule has 1 unspecified atom stereocenters. The first-order chi connectivity index (χ1) is 7.56. The van der Waals surface area contributed by atoms with Crippen LogP contribution in [0.5, 0.6) is 0 Å². The van der Waals surface area contributed by atoms with Gasteiger partial charge in [-0.2, -0.15) is 0 Å². The fourth-order valence-electron chi connectivity index (χ4n) is 1.16. The molecule has 0 aliphatic carbocycles. The minimum absolute atomic E-state index is 0.0470. The number of carbonyl (C=O) groups excluding carboxylic acids is 1. The van der Waals surface area contributed by atoms with E-state index >= 15 is 0 Å². The number of hydrogen-bond acceptors (Lipinski definition) is 3. The molecule has 0 saturated heterocycles. The second kappa shape index (κ2) is 5.79. The van der Waals surface area contributed by atoms with E-state index < -0.39 is 17.8 Å². The van der Waals surface area contributed by atoms with E-state index in [4.69, 9.17) is 22.1 Å². The Balaban J connectivity index is 2.76. The molecule has 0 spiro atoms. The molecule has 1 rings (SSSR count). The summed E-state index contributed by atoms with van der Waals surface area (Å²) in [6.07, 6.45) is -0.762. The van der Waals surface area contributed by atoms with Gasteiger partial charge in [-0.3, -0.25) is 4.79 Å². The van der Waals surface area contributed by atoms with Gasteiger partial charge in [0.25, 0.3) is 5.91 Å². The molecule has 0 fully saturated rings. The van der Waals surface area contributed by atoms with Gasteiger partial charge in [-0.25, -0.2) is 4.39 Å². The first-order valence-electron chi connectivity index (χ1n) is 4.56. The van der Waals surface area contributed by atoms with Crippen LogP contribution in [0.2, 0.25) is 5.02 Å². The highest BCUT2D eigenvalue weighted by Gasteiger charge is 2.15. The van der Waals surface area contributed by atoms with E-state index in [-0.39, 0.29) is 17.3 Å². The molecule has 0 aliphatic rings. The number of carbonyl (C=O) groups is 1. The largest absolute Gasteiger partial charge is 0.370 e. The minimum Gasteiger partial charge on any atom is -0.370 e. The summed E-state index contributed by atoms with van der Waals surface area (Å²) in [4.78, 5) is 11.5. The normalized spacial score (nSPS) is 12.2. The van der Waals surface area contributed by atoms with E-state index in [9.17, 15) is 9.18 Å². The average Bonchev–Trinajstić information content (AvgIpc) is 2.17. The third kappa shape index (κ3) is 3.44. The number of nitrogens with two attached hydrogens (primary N) is 1. The predicted molar refractivity (Wildman–Crippen MR) is 59.9 cm³/mol. The van der Waals surface area contributed by atoms with Crippen LogP contribution in [0.4, 0.5) is 10.1 Å². The van der Waals surface area contributed by atoms with Crippen LogP contribution in [0, 0.1) is 5.82 Å². The Morgan fingerprint density at radius 3 is 2.81 bits per heavy atom. The molecule has 0 heterocycles. The van der Waals surface area contributed by atoms with Gasteiger partial charge < -0.3 is 15.8 Å². The van der Waals surface area contributed by atoms with Gasteiger partial charge in [-0.15, -0.1) is 0 Å². The van der Waals surface area contributed by atoms with Crippen LogP contribution < -0.4 is 11.1 Å². The van der Waals surface area contributed by atoms with E-state index in [1.165, 1.54) is 13.2 Å². The summed E-state index contributed by atoms with van der Waals surface area (Å²) < 4.78 is 17.8. The van der Waals surface area contributed by atoms with Gasteiger partial charge >= 0.3 is 0 Å². The summed E-state index contributed by atoms with van der Waals surface area (Å²) in [5.41, 5.74) is 5.58. The molecule has 16 heavy (non-hydrogen) atoms. The van der Waals surface area contributed by atoms with Crippen molar-refractivity contribution in [3.8, 4) is 0 Å². The number of anilines is 1. The van der Waals surface area contributed by atoms with E-state index in [2.05, 4.69) is 5.32 Å². The molecule has 6 heteroatoms. The monoisotopic (exact) mass is 246 g/mol. The first kappa shape index (κ1) is 12.9. The molecular formula is C10H12ClFN2O2. The summed E-state index contributed by atoms with van der Waals surface area (Å²) in [5.74, 6) is -0.962. The number of nitrogens with one attached hydrogen (secondary N) is 1. The Labute approximate surface area is 97.5 Å². The zero-order valence-electron chi connectivity index (χ0n) is 8.67. The van der Waals surface area contributed by atoms with Crippen molar-refractivity contribution in [1.29, 1.82) is 0 Å². The van der Waals surface area contributed by atoms with Crippen LogP contribution in [0.25, 0.3) is 0 Å². The predicted octanol–water partition coefficient (Wildman–Crippen LogP) is 1.39. The smallest absolute Gasteiger partial charge is 0.254 e. The second-order valence-corrected chi connectivity index (χ2v) is 3.54. The van der Waals surface area contributed by atoms with Crippen molar-refractivity contribution in [1.82, 2.24) is 0 Å². The Kier molecular flexibility index (Phi) is 4.67. The van der Waals surface area contributed by atoms with Crippen molar-refractivity contribution in [2.45, 2.75) is 6.10 Å². The van der Waals surface area contributed by atoms with Crippen LogP contribution in [0.15, 0.2) is 18.2 Å². The summed E-state index contributed by atoms with van der Waals surface area (Å²) in [6.45, 7) is 0.0470. The van der Waals surface area contributed by atoms with Crippen molar-refractivity contribution >= 4 is 23.2 Å². The van der Waals surface area contributed by atoms with Crippen LogP contribution >= 0.6 is 11.6 Å². The molecule has 1 amide bonds. The fourth-order valence-corrected chi connectivity index (χ4v) is 1.38. The molecule has 0 radical (unpaired) electrons. The van der Waals surface area contributed by atoms with Crippen molar-refractivity contribution in [2.24, 2.45) is 5.73 Å². The number of benzene rings is 1. The Morgan fingerprint density at radius 1 is 1.62 bits per heavy atom. The average molecular weight is 247 g/mol. The van der Waals surface area contributed by atoms with Crippen LogP contribution in [-0.2, 0) is 9.53 Å². The molecular weight excluding hydrogens is 235 g/mol. The lowest BCUT2D eigenvalue weighted by atomic mass is 10.2. The maximum atomic E-state index is 13.0. The summed E-state index contributed by atoms with van der Waals surface area (Å²) in [6, 6.07) is 3.74. The highest BCUT2D eigenvalue weighted by Crippen LogP contribution is 2.18. The van der Waals surface area contributed by atoms with E-state index in [1.54, 1.807) is 0 Å². The fraction of sp³-hybridized carbons (Fsp3) is 0.300. The molecule has 1 aromatic rings. The number of rotatable bonds is 4. The number of ether oxygens (including phenoxy) is 1. The van der Waals surface area contributed by atoms with E-state index in [0.29, 0.717) is 0 Å². The van der Waals surface area contributed by atoms with Gasteiger partial charge in [0.15, 0.2) is 0 Å². The van der Waals surface area contributed by atoms with Crippen LogP contribution in [-0.4, -0.2) is 25.7 Å². The third-order valence-electron chi connectivity index (χ3n) is 1.92. The molecule has 0 aromatic heterocycles. The quantitative estimate of drug-likeness (QED) is 0.844. The molecule has 0 saturated carbocycles. The van der Waals surface area contributed by atoms with E-state index in [0.717, 1.165) is 12.1 Å². The lowest BCUT2D eigenvalue weighted by Gasteiger charge is -2.13. The number of hydrogen-bond donors (Lipinski definition) is 2. The highest BCUT2D eigenvalue weighted by molar-refractivity contribution is 6.30. The van der Waals surface area contributed by atoms with Gasteiger partial charge in [0.1, 0.15) is 11.9 Å². The van der Waals surface area contributed by atoms with Crippen molar-refractivity contribution in [2.75, 3.05) is 19.0 Å². The molecule has 0 bridgehead atoms. The Hall–Kier alpha value is -1.17.